The SMILES string of the molecule is Cc1nc(C2OC3COC(c4ccccc4)OC3C(n3cc(-c4ccc(Cl)c(F)c4)nn3)C2O)n(-c2cc(Cl)ccc2Cl)n1. The van der Waals surface area contributed by atoms with Gasteiger partial charge in [0.1, 0.15) is 47.8 Å². The first kappa shape index (κ1) is 29.3. The van der Waals surface area contributed by atoms with Crippen LogP contribution in [-0.4, -0.2) is 59.8 Å². The van der Waals surface area contributed by atoms with Crippen LogP contribution in [0.4, 0.5) is 4.39 Å². The molecule has 6 unspecified atom stereocenters. The second kappa shape index (κ2) is 11.8. The molecule has 2 aliphatic rings. The van der Waals surface area contributed by atoms with Gasteiger partial charge in [0.05, 0.1) is 28.5 Å². The molecule has 0 spiro atoms. The van der Waals surface area contributed by atoms with E-state index < -0.39 is 42.6 Å². The highest BCUT2D eigenvalue weighted by Crippen LogP contribution is 2.44. The topological polar surface area (TPSA) is 109 Å². The van der Waals surface area contributed by atoms with Crippen LogP contribution in [0.2, 0.25) is 15.1 Å². The van der Waals surface area contributed by atoms with Gasteiger partial charge in [-0.3, -0.25) is 0 Å². The van der Waals surface area contributed by atoms with E-state index in [2.05, 4.69) is 20.4 Å². The molecule has 10 nitrogen and oxygen atoms in total. The van der Waals surface area contributed by atoms with Gasteiger partial charge < -0.3 is 19.3 Å². The molecule has 2 saturated heterocycles. The Bertz CT molecular complexity index is 1820. The number of benzene rings is 3. The van der Waals surface area contributed by atoms with Gasteiger partial charge in [0.25, 0.3) is 0 Å². The second-order valence-corrected chi connectivity index (χ2v) is 11.7. The van der Waals surface area contributed by atoms with Crippen LogP contribution in [0.1, 0.15) is 35.6 Å². The zero-order valence-electron chi connectivity index (χ0n) is 23.0. The van der Waals surface area contributed by atoms with E-state index in [0.29, 0.717) is 38.6 Å². The Morgan fingerprint density at radius 2 is 1.77 bits per heavy atom. The molecule has 0 bridgehead atoms. The number of aryl methyl sites for hydroxylation is 1. The summed E-state index contributed by atoms with van der Waals surface area (Å²) in [7, 11) is 0. The number of aliphatic hydroxyl groups is 1. The van der Waals surface area contributed by atoms with E-state index in [1.807, 2.05) is 30.3 Å². The molecular formula is C30H24Cl3FN6O4. The van der Waals surface area contributed by atoms with Crippen molar-refractivity contribution in [3.8, 4) is 16.9 Å². The van der Waals surface area contributed by atoms with Crippen molar-refractivity contribution < 1.29 is 23.7 Å². The molecule has 44 heavy (non-hydrogen) atoms. The van der Waals surface area contributed by atoms with Crippen molar-refractivity contribution in [2.45, 2.75) is 43.7 Å². The molecule has 0 radical (unpaired) electrons. The van der Waals surface area contributed by atoms with Crippen LogP contribution in [0, 0.1) is 12.7 Å². The molecule has 6 atom stereocenters. The van der Waals surface area contributed by atoms with Crippen LogP contribution >= 0.6 is 34.8 Å². The molecular weight excluding hydrogens is 634 g/mol. The van der Waals surface area contributed by atoms with Gasteiger partial charge >= 0.3 is 0 Å². The largest absolute Gasteiger partial charge is 0.388 e. The zero-order chi connectivity index (χ0) is 30.5. The minimum atomic E-state index is -1.26. The van der Waals surface area contributed by atoms with Gasteiger partial charge in [-0.15, -0.1) is 5.10 Å². The number of hydrogen-bond acceptors (Lipinski definition) is 8. The molecule has 5 aromatic rings. The summed E-state index contributed by atoms with van der Waals surface area (Å²) in [4.78, 5) is 4.61. The highest BCUT2D eigenvalue weighted by atomic mass is 35.5. The molecule has 14 heteroatoms. The molecule has 0 aliphatic carbocycles. The predicted octanol–water partition coefficient (Wildman–Crippen LogP) is 6.09. The first-order valence-electron chi connectivity index (χ1n) is 13.7. The maximum absolute atomic E-state index is 14.3. The maximum Gasteiger partial charge on any atom is 0.184 e. The van der Waals surface area contributed by atoms with E-state index in [4.69, 9.17) is 49.0 Å². The van der Waals surface area contributed by atoms with Crippen molar-refractivity contribution in [2.75, 3.05) is 6.61 Å². The number of rotatable bonds is 5. The molecule has 2 aromatic heterocycles. The minimum Gasteiger partial charge on any atom is -0.388 e. The van der Waals surface area contributed by atoms with E-state index in [1.54, 1.807) is 37.4 Å². The molecule has 2 aliphatic heterocycles. The lowest BCUT2D eigenvalue weighted by Gasteiger charge is -2.47. The minimum absolute atomic E-state index is 0.00607. The summed E-state index contributed by atoms with van der Waals surface area (Å²) in [5.41, 5.74) is 2.12. The molecule has 3 aromatic carbocycles. The van der Waals surface area contributed by atoms with E-state index in [9.17, 15) is 9.50 Å². The Balaban J connectivity index is 1.30. The smallest absolute Gasteiger partial charge is 0.184 e. The van der Waals surface area contributed by atoms with Crippen molar-refractivity contribution in [2.24, 2.45) is 0 Å². The van der Waals surface area contributed by atoms with Gasteiger partial charge in [-0.2, -0.15) is 5.10 Å². The molecule has 2 fully saturated rings. The van der Waals surface area contributed by atoms with E-state index >= 15 is 0 Å². The van der Waals surface area contributed by atoms with Gasteiger partial charge in [-0.05, 0) is 37.3 Å². The normalized spacial score (nSPS) is 25.1. The van der Waals surface area contributed by atoms with Crippen molar-refractivity contribution in [1.29, 1.82) is 0 Å². The van der Waals surface area contributed by atoms with Crippen molar-refractivity contribution in [3.05, 3.63) is 111 Å². The Morgan fingerprint density at radius 1 is 0.977 bits per heavy atom. The van der Waals surface area contributed by atoms with Gasteiger partial charge in [0.2, 0.25) is 0 Å². The monoisotopic (exact) mass is 656 g/mol. The molecule has 1 N–H and O–H groups in total. The van der Waals surface area contributed by atoms with Crippen molar-refractivity contribution in [3.63, 3.8) is 0 Å². The van der Waals surface area contributed by atoms with Gasteiger partial charge in [-0.25, -0.2) is 18.7 Å². The number of halogens is 4. The van der Waals surface area contributed by atoms with Gasteiger partial charge in [-0.1, -0.05) is 76.4 Å². The third-order valence-corrected chi connectivity index (χ3v) is 8.47. The molecule has 7 rings (SSSR count). The Hall–Kier alpha value is -3.42. The molecule has 0 saturated carbocycles. The number of ether oxygens (including phenoxy) is 3. The average molecular weight is 658 g/mol. The van der Waals surface area contributed by atoms with E-state index in [-0.39, 0.29) is 11.6 Å². The van der Waals surface area contributed by atoms with Gasteiger partial charge in [0.15, 0.2) is 12.1 Å². The van der Waals surface area contributed by atoms with Crippen LogP contribution in [0.15, 0.2) is 72.9 Å². The van der Waals surface area contributed by atoms with Gasteiger partial charge in [0, 0.05) is 16.1 Å². The lowest BCUT2D eigenvalue weighted by atomic mass is 9.91. The Kier molecular flexibility index (Phi) is 7.87. The van der Waals surface area contributed by atoms with Crippen LogP contribution in [0.25, 0.3) is 16.9 Å². The van der Waals surface area contributed by atoms with Crippen LogP contribution in [0.5, 0.6) is 0 Å². The first-order valence-corrected chi connectivity index (χ1v) is 14.8. The summed E-state index contributed by atoms with van der Waals surface area (Å²) in [5, 5.41) is 26.0. The Morgan fingerprint density at radius 3 is 2.57 bits per heavy atom. The first-order chi connectivity index (χ1) is 21.3. The maximum atomic E-state index is 14.3. The highest BCUT2D eigenvalue weighted by molar-refractivity contribution is 6.34. The zero-order valence-corrected chi connectivity index (χ0v) is 25.2. The number of nitrogens with zero attached hydrogens (tertiary/aromatic N) is 6. The van der Waals surface area contributed by atoms with E-state index in [1.165, 1.54) is 21.5 Å². The highest BCUT2D eigenvalue weighted by Gasteiger charge is 2.52. The fourth-order valence-electron chi connectivity index (χ4n) is 5.56. The second-order valence-electron chi connectivity index (χ2n) is 10.5. The fraction of sp³-hybridized carbons (Fsp3) is 0.267. The summed E-state index contributed by atoms with van der Waals surface area (Å²) in [5.74, 6) is 0.143. The number of fused-ring (bicyclic) bond motifs is 1. The fourth-order valence-corrected chi connectivity index (χ4v) is 6.04. The molecule has 226 valence electrons. The summed E-state index contributed by atoms with van der Waals surface area (Å²) < 4.78 is 36.3. The van der Waals surface area contributed by atoms with Crippen LogP contribution < -0.4 is 0 Å². The third kappa shape index (κ3) is 5.39. The summed E-state index contributed by atoms with van der Waals surface area (Å²) in [6.07, 6.45) is -2.73. The van der Waals surface area contributed by atoms with Crippen molar-refractivity contribution in [1.82, 2.24) is 29.8 Å². The molecule has 0 amide bonds. The quantitative estimate of drug-likeness (QED) is 0.242. The number of hydrogen-bond donors (Lipinski definition) is 1. The predicted molar refractivity (Wildman–Crippen MR) is 159 cm³/mol. The summed E-state index contributed by atoms with van der Waals surface area (Å²) >= 11 is 18.7. The summed E-state index contributed by atoms with van der Waals surface area (Å²) in [6.45, 7) is 1.87. The standard InChI is InChI=1S/C30H24Cl3FN6O4/c1-15-35-29(40(37-15)23-12-18(31)8-10-20(23)33)28-26(41)25(39-13-22(36-38-39)17-7-9-19(32)21(34)11-17)27-24(43-28)14-42-30(44-27)16-5-3-2-4-6-16/h2-13,24-28,30,41H,14H2,1H3. The number of aliphatic hydroxyl groups excluding tert-OH is 1. The van der Waals surface area contributed by atoms with E-state index in [0.717, 1.165) is 5.56 Å². The summed E-state index contributed by atoms with van der Waals surface area (Å²) in [6, 6.07) is 18.0. The Labute approximate surface area is 265 Å². The third-order valence-electron chi connectivity index (χ3n) is 7.61. The lowest BCUT2D eigenvalue weighted by molar-refractivity contribution is -0.319. The van der Waals surface area contributed by atoms with Crippen LogP contribution in [0.3, 0.4) is 0 Å². The average Bonchev–Trinajstić information content (AvgIpc) is 3.66. The van der Waals surface area contributed by atoms with Crippen LogP contribution in [-0.2, 0) is 14.2 Å². The van der Waals surface area contributed by atoms with Crippen molar-refractivity contribution >= 4 is 34.8 Å². The number of aromatic nitrogens is 6. The molecule has 4 heterocycles. The lowest BCUT2D eigenvalue weighted by Crippen LogP contribution is -2.57.